The molecule has 0 fully saturated rings. The minimum absolute atomic E-state index is 0.247. The Bertz CT molecular complexity index is 797. The zero-order valence-electron chi connectivity index (χ0n) is 11.3. The zero-order valence-corrected chi connectivity index (χ0v) is 12.0. The number of carbonyl (C=O) groups is 1. The number of benzene rings is 2. The maximum absolute atomic E-state index is 11.0. The van der Waals surface area contributed by atoms with Crippen molar-refractivity contribution in [3.63, 3.8) is 0 Å². The summed E-state index contributed by atoms with van der Waals surface area (Å²) in [4.78, 5) is 11.0. The minimum Gasteiger partial charge on any atom is -0.403 e. The molecular formula is C15H11ClN4O2. The number of amides is 1. The first-order valence-electron chi connectivity index (χ1n) is 6.38. The minimum atomic E-state index is -0.477. The largest absolute Gasteiger partial charge is 0.403 e. The van der Waals surface area contributed by atoms with Gasteiger partial charge in [-0.2, -0.15) is 0 Å². The summed E-state index contributed by atoms with van der Waals surface area (Å²) >= 11 is 5.83. The van der Waals surface area contributed by atoms with Crippen molar-refractivity contribution in [2.24, 2.45) is 5.73 Å². The Balaban J connectivity index is 1.76. The molecule has 3 aromatic rings. The lowest BCUT2D eigenvalue weighted by Crippen LogP contribution is -2.10. The van der Waals surface area contributed by atoms with Crippen LogP contribution < -0.4 is 11.1 Å². The highest BCUT2D eigenvalue weighted by Gasteiger charge is 2.09. The number of hydrogen-bond acceptors (Lipinski definition) is 5. The summed E-state index contributed by atoms with van der Waals surface area (Å²) in [6.45, 7) is 0. The van der Waals surface area contributed by atoms with Gasteiger partial charge in [0.1, 0.15) is 0 Å². The van der Waals surface area contributed by atoms with E-state index in [1.165, 1.54) is 0 Å². The molecule has 1 heterocycles. The van der Waals surface area contributed by atoms with Crippen LogP contribution in [0.4, 0.5) is 11.7 Å². The Hall–Kier alpha value is -2.86. The molecule has 0 saturated heterocycles. The van der Waals surface area contributed by atoms with Gasteiger partial charge in [-0.3, -0.25) is 4.79 Å². The van der Waals surface area contributed by atoms with Gasteiger partial charge in [-0.05, 0) is 48.5 Å². The quantitative estimate of drug-likeness (QED) is 0.771. The summed E-state index contributed by atoms with van der Waals surface area (Å²) in [6, 6.07) is 14.0. The SMILES string of the molecule is NC(=O)c1ccc(Nc2nnc(-c3ccc(Cl)cc3)o2)cc1. The highest BCUT2D eigenvalue weighted by atomic mass is 35.5. The van der Waals surface area contributed by atoms with Gasteiger partial charge in [-0.25, -0.2) is 0 Å². The van der Waals surface area contributed by atoms with Crippen LogP contribution in [0, 0.1) is 0 Å². The Labute approximate surface area is 130 Å². The van der Waals surface area contributed by atoms with E-state index in [2.05, 4.69) is 15.5 Å². The van der Waals surface area contributed by atoms with Crippen molar-refractivity contribution < 1.29 is 9.21 Å². The van der Waals surface area contributed by atoms with Crippen LogP contribution in [0.1, 0.15) is 10.4 Å². The lowest BCUT2D eigenvalue weighted by Gasteiger charge is -2.01. The molecule has 22 heavy (non-hydrogen) atoms. The average molecular weight is 315 g/mol. The number of nitrogens with one attached hydrogen (secondary N) is 1. The van der Waals surface area contributed by atoms with Crippen LogP contribution in [0.3, 0.4) is 0 Å². The molecule has 3 rings (SSSR count). The number of nitrogens with two attached hydrogens (primary N) is 1. The molecule has 0 aliphatic carbocycles. The molecule has 6 nitrogen and oxygen atoms in total. The molecule has 110 valence electrons. The van der Waals surface area contributed by atoms with E-state index >= 15 is 0 Å². The van der Waals surface area contributed by atoms with E-state index in [9.17, 15) is 4.79 Å². The fourth-order valence-electron chi connectivity index (χ4n) is 1.82. The lowest BCUT2D eigenvalue weighted by atomic mass is 10.2. The molecule has 0 aliphatic rings. The zero-order chi connectivity index (χ0) is 15.5. The first-order chi connectivity index (χ1) is 10.6. The van der Waals surface area contributed by atoms with Crippen LogP contribution in [-0.2, 0) is 0 Å². The summed E-state index contributed by atoms with van der Waals surface area (Å²) in [5.74, 6) is -0.0951. The van der Waals surface area contributed by atoms with Crippen molar-refractivity contribution >= 4 is 29.2 Å². The summed E-state index contributed by atoms with van der Waals surface area (Å²) < 4.78 is 5.52. The van der Waals surface area contributed by atoms with Gasteiger partial charge in [0.05, 0.1) is 0 Å². The van der Waals surface area contributed by atoms with Crippen molar-refractivity contribution in [1.29, 1.82) is 0 Å². The predicted molar refractivity (Wildman–Crippen MR) is 83.0 cm³/mol. The van der Waals surface area contributed by atoms with Crippen molar-refractivity contribution in [2.45, 2.75) is 0 Å². The van der Waals surface area contributed by atoms with Crippen LogP contribution in [0.15, 0.2) is 52.9 Å². The van der Waals surface area contributed by atoms with Crippen LogP contribution in [0.25, 0.3) is 11.5 Å². The van der Waals surface area contributed by atoms with Crippen LogP contribution in [0.2, 0.25) is 5.02 Å². The molecule has 0 spiro atoms. The second kappa shape index (κ2) is 5.87. The van der Waals surface area contributed by atoms with Crippen LogP contribution in [-0.4, -0.2) is 16.1 Å². The highest BCUT2D eigenvalue weighted by molar-refractivity contribution is 6.30. The molecular weight excluding hydrogens is 304 g/mol. The van der Waals surface area contributed by atoms with Crippen molar-refractivity contribution in [1.82, 2.24) is 10.2 Å². The fourth-order valence-corrected chi connectivity index (χ4v) is 1.95. The average Bonchev–Trinajstić information content (AvgIpc) is 2.97. The maximum atomic E-state index is 11.0. The predicted octanol–water partition coefficient (Wildman–Crippen LogP) is 3.23. The molecule has 0 aliphatic heterocycles. The van der Waals surface area contributed by atoms with E-state index in [0.29, 0.717) is 22.2 Å². The molecule has 0 radical (unpaired) electrons. The first-order valence-corrected chi connectivity index (χ1v) is 6.76. The van der Waals surface area contributed by atoms with Gasteiger partial charge in [-0.1, -0.05) is 16.7 Å². The summed E-state index contributed by atoms with van der Waals surface area (Å²) in [5.41, 5.74) is 7.09. The Morgan fingerprint density at radius 1 is 1.05 bits per heavy atom. The van der Waals surface area contributed by atoms with Gasteiger partial charge in [0.2, 0.25) is 11.8 Å². The van der Waals surface area contributed by atoms with Gasteiger partial charge in [0.25, 0.3) is 0 Å². The Morgan fingerprint density at radius 3 is 2.36 bits per heavy atom. The molecule has 0 atom stereocenters. The molecule has 0 bridgehead atoms. The maximum Gasteiger partial charge on any atom is 0.320 e. The van der Waals surface area contributed by atoms with E-state index < -0.39 is 5.91 Å². The standard InChI is InChI=1S/C15H11ClN4O2/c16-11-5-1-10(2-6-11)14-19-20-15(22-14)18-12-7-3-9(4-8-12)13(17)21/h1-8H,(H2,17,21)(H,18,20). The molecule has 0 saturated carbocycles. The number of hydrogen-bond donors (Lipinski definition) is 2. The van der Waals surface area contributed by atoms with Crippen LogP contribution in [0.5, 0.6) is 0 Å². The van der Waals surface area contributed by atoms with Crippen molar-refractivity contribution in [2.75, 3.05) is 5.32 Å². The van der Waals surface area contributed by atoms with E-state index in [0.717, 1.165) is 5.56 Å². The van der Waals surface area contributed by atoms with Crippen LogP contribution >= 0.6 is 11.6 Å². The van der Waals surface area contributed by atoms with E-state index in [4.69, 9.17) is 21.8 Å². The number of halogens is 1. The third-order valence-electron chi connectivity index (χ3n) is 2.94. The van der Waals surface area contributed by atoms with E-state index in [-0.39, 0.29) is 6.01 Å². The smallest absolute Gasteiger partial charge is 0.320 e. The van der Waals surface area contributed by atoms with Gasteiger partial charge >= 0.3 is 6.01 Å². The van der Waals surface area contributed by atoms with Gasteiger partial charge in [0, 0.05) is 21.8 Å². The number of nitrogens with zero attached hydrogens (tertiary/aromatic N) is 2. The van der Waals surface area contributed by atoms with E-state index in [1.54, 1.807) is 48.5 Å². The molecule has 3 N–H and O–H groups in total. The number of anilines is 2. The first kappa shape index (κ1) is 14.1. The second-order valence-electron chi connectivity index (χ2n) is 4.49. The topological polar surface area (TPSA) is 94.0 Å². The molecule has 1 amide bonds. The highest BCUT2D eigenvalue weighted by Crippen LogP contribution is 2.23. The number of rotatable bonds is 4. The summed E-state index contributed by atoms with van der Waals surface area (Å²) in [5, 5.41) is 11.5. The Kier molecular flexibility index (Phi) is 3.76. The molecule has 1 aromatic heterocycles. The van der Waals surface area contributed by atoms with Gasteiger partial charge in [-0.15, -0.1) is 5.10 Å². The molecule has 2 aromatic carbocycles. The molecule has 0 unspecified atom stereocenters. The van der Waals surface area contributed by atoms with E-state index in [1.807, 2.05) is 0 Å². The third-order valence-corrected chi connectivity index (χ3v) is 3.19. The fraction of sp³-hybridized carbons (Fsp3) is 0. The lowest BCUT2D eigenvalue weighted by molar-refractivity contribution is 0.100. The second-order valence-corrected chi connectivity index (χ2v) is 4.92. The van der Waals surface area contributed by atoms with Crippen molar-refractivity contribution in [3.8, 4) is 11.5 Å². The van der Waals surface area contributed by atoms with Gasteiger partial charge < -0.3 is 15.5 Å². The monoisotopic (exact) mass is 314 g/mol. The molecule has 7 heteroatoms. The van der Waals surface area contributed by atoms with Gasteiger partial charge in [0.15, 0.2) is 0 Å². The van der Waals surface area contributed by atoms with Crippen molar-refractivity contribution in [3.05, 3.63) is 59.1 Å². The third kappa shape index (κ3) is 3.07. The number of primary amides is 1. The summed E-state index contributed by atoms with van der Waals surface area (Å²) in [6.07, 6.45) is 0. The number of carbonyl (C=O) groups excluding carboxylic acids is 1. The summed E-state index contributed by atoms with van der Waals surface area (Å²) in [7, 11) is 0. The Morgan fingerprint density at radius 2 is 1.73 bits per heavy atom. The normalized spacial score (nSPS) is 10.4. The number of aromatic nitrogens is 2.